The molecule has 0 fully saturated rings. The summed E-state index contributed by atoms with van der Waals surface area (Å²) in [6.07, 6.45) is 2.35. The molecule has 1 aromatic rings. The van der Waals surface area contributed by atoms with E-state index >= 15 is 0 Å². The zero-order valence-corrected chi connectivity index (χ0v) is 8.84. The first kappa shape index (κ1) is 12.0. The lowest BCUT2D eigenvalue weighted by atomic mass is 10.1. The van der Waals surface area contributed by atoms with Crippen LogP contribution in [0.3, 0.4) is 0 Å². The van der Waals surface area contributed by atoms with E-state index in [9.17, 15) is 9.59 Å². The van der Waals surface area contributed by atoms with Crippen LogP contribution >= 0.6 is 0 Å². The number of carboxylic acid groups (broad SMARTS) is 1. The summed E-state index contributed by atoms with van der Waals surface area (Å²) in [6, 6.07) is 6.68. The fraction of sp³-hybridized carbons (Fsp3) is 0.167. The quantitative estimate of drug-likeness (QED) is 0.622. The van der Waals surface area contributed by atoms with E-state index in [4.69, 9.17) is 9.84 Å². The predicted octanol–water partition coefficient (Wildman–Crippen LogP) is 1.96. The number of benzene rings is 1. The van der Waals surface area contributed by atoms with Gasteiger partial charge in [0.2, 0.25) is 0 Å². The zero-order valence-electron chi connectivity index (χ0n) is 8.84. The lowest BCUT2D eigenvalue weighted by molar-refractivity contribution is -0.131. The highest BCUT2D eigenvalue weighted by Gasteiger charge is 2.09. The Labute approximate surface area is 93.2 Å². The van der Waals surface area contributed by atoms with Gasteiger partial charge in [-0.3, -0.25) is 0 Å². The van der Waals surface area contributed by atoms with Gasteiger partial charge in [-0.25, -0.2) is 9.59 Å². The van der Waals surface area contributed by atoms with Crippen LogP contribution in [0.2, 0.25) is 0 Å². The van der Waals surface area contributed by atoms with E-state index in [-0.39, 0.29) is 6.61 Å². The summed E-state index contributed by atoms with van der Waals surface area (Å²) in [4.78, 5) is 21.9. The average molecular weight is 220 g/mol. The van der Waals surface area contributed by atoms with Crippen LogP contribution in [0.25, 0.3) is 6.08 Å². The first-order valence-electron chi connectivity index (χ1n) is 4.82. The van der Waals surface area contributed by atoms with Crippen molar-refractivity contribution < 1.29 is 19.4 Å². The van der Waals surface area contributed by atoms with Crippen LogP contribution in [0, 0.1) is 0 Å². The van der Waals surface area contributed by atoms with Gasteiger partial charge in [-0.15, -0.1) is 0 Å². The molecule has 0 unspecified atom stereocenters. The van der Waals surface area contributed by atoms with Crippen LogP contribution in [-0.4, -0.2) is 23.7 Å². The summed E-state index contributed by atoms with van der Waals surface area (Å²) in [5.74, 6) is -1.51. The molecule has 0 aromatic heterocycles. The summed E-state index contributed by atoms with van der Waals surface area (Å²) in [5, 5.41) is 8.50. The molecule has 1 N–H and O–H groups in total. The van der Waals surface area contributed by atoms with E-state index < -0.39 is 11.9 Å². The summed E-state index contributed by atoms with van der Waals surface area (Å²) in [6.45, 7) is 2.00. The molecule has 0 saturated carbocycles. The highest BCUT2D eigenvalue weighted by atomic mass is 16.5. The van der Waals surface area contributed by atoms with Gasteiger partial charge in [0.25, 0.3) is 0 Å². The molecule has 0 radical (unpaired) electrons. The Bertz CT molecular complexity index is 421. The molecule has 0 spiro atoms. The SMILES string of the molecule is CCOC(=O)c1ccccc1/C=C/C(=O)O. The predicted molar refractivity (Wildman–Crippen MR) is 59.1 cm³/mol. The molecule has 0 amide bonds. The minimum atomic E-state index is -1.06. The Balaban J connectivity index is 3.00. The Morgan fingerprint density at radius 1 is 1.38 bits per heavy atom. The van der Waals surface area contributed by atoms with Gasteiger partial charge in [-0.05, 0) is 24.6 Å². The van der Waals surface area contributed by atoms with Crippen molar-refractivity contribution in [2.24, 2.45) is 0 Å². The topological polar surface area (TPSA) is 63.6 Å². The van der Waals surface area contributed by atoms with E-state index in [0.717, 1.165) is 6.08 Å². The fourth-order valence-corrected chi connectivity index (χ4v) is 1.20. The Kier molecular flexibility index (Phi) is 4.27. The average Bonchev–Trinajstić information content (AvgIpc) is 2.27. The van der Waals surface area contributed by atoms with Crippen LogP contribution in [-0.2, 0) is 9.53 Å². The number of aliphatic carboxylic acids is 1. The van der Waals surface area contributed by atoms with Gasteiger partial charge in [0.15, 0.2) is 0 Å². The van der Waals surface area contributed by atoms with E-state index in [2.05, 4.69) is 0 Å². The highest BCUT2D eigenvalue weighted by Crippen LogP contribution is 2.12. The van der Waals surface area contributed by atoms with Crippen LogP contribution in [0.1, 0.15) is 22.8 Å². The molecular formula is C12H12O4. The van der Waals surface area contributed by atoms with Crippen molar-refractivity contribution in [3.05, 3.63) is 41.5 Å². The fourth-order valence-electron chi connectivity index (χ4n) is 1.20. The summed E-state index contributed by atoms with van der Waals surface area (Å²) >= 11 is 0. The first-order chi connectivity index (χ1) is 7.65. The Morgan fingerprint density at radius 3 is 2.69 bits per heavy atom. The number of ether oxygens (including phenoxy) is 1. The highest BCUT2D eigenvalue weighted by molar-refractivity contribution is 5.95. The standard InChI is InChI=1S/C12H12O4/c1-2-16-12(15)10-6-4-3-5-9(10)7-8-11(13)14/h3-8H,2H2,1H3,(H,13,14)/b8-7+. The molecule has 0 saturated heterocycles. The molecule has 0 bridgehead atoms. The van der Waals surface area contributed by atoms with Gasteiger partial charge in [0.05, 0.1) is 12.2 Å². The zero-order chi connectivity index (χ0) is 12.0. The molecule has 0 aliphatic carbocycles. The van der Waals surface area contributed by atoms with Crippen molar-refractivity contribution in [1.82, 2.24) is 0 Å². The van der Waals surface area contributed by atoms with Crippen molar-refractivity contribution in [2.45, 2.75) is 6.92 Å². The molecule has 4 heteroatoms. The number of carboxylic acids is 1. The smallest absolute Gasteiger partial charge is 0.338 e. The van der Waals surface area contributed by atoms with Gasteiger partial charge < -0.3 is 9.84 Å². The minimum absolute atomic E-state index is 0.288. The van der Waals surface area contributed by atoms with Crippen molar-refractivity contribution in [2.75, 3.05) is 6.61 Å². The molecule has 1 aromatic carbocycles. The van der Waals surface area contributed by atoms with Crippen molar-refractivity contribution in [3.63, 3.8) is 0 Å². The van der Waals surface area contributed by atoms with Gasteiger partial charge in [-0.1, -0.05) is 18.2 Å². The number of esters is 1. The third-order valence-corrected chi connectivity index (χ3v) is 1.86. The number of rotatable bonds is 4. The Hall–Kier alpha value is -2.10. The van der Waals surface area contributed by atoms with Gasteiger partial charge >= 0.3 is 11.9 Å². The first-order valence-corrected chi connectivity index (χ1v) is 4.82. The summed E-state index contributed by atoms with van der Waals surface area (Å²) < 4.78 is 4.86. The monoisotopic (exact) mass is 220 g/mol. The third-order valence-electron chi connectivity index (χ3n) is 1.86. The number of carbonyl (C=O) groups excluding carboxylic acids is 1. The lowest BCUT2D eigenvalue weighted by Gasteiger charge is -2.04. The summed E-state index contributed by atoms with van der Waals surface area (Å²) in [7, 11) is 0. The molecule has 0 aliphatic heterocycles. The van der Waals surface area contributed by atoms with Crippen LogP contribution in [0.5, 0.6) is 0 Å². The second-order valence-corrected chi connectivity index (χ2v) is 2.98. The lowest BCUT2D eigenvalue weighted by Crippen LogP contribution is -2.06. The van der Waals surface area contributed by atoms with Gasteiger partial charge in [0, 0.05) is 6.08 Å². The van der Waals surface area contributed by atoms with Crippen LogP contribution < -0.4 is 0 Å². The van der Waals surface area contributed by atoms with Gasteiger partial charge in [-0.2, -0.15) is 0 Å². The molecule has 4 nitrogen and oxygen atoms in total. The number of hydrogen-bond donors (Lipinski definition) is 1. The summed E-state index contributed by atoms with van der Waals surface area (Å²) in [5.41, 5.74) is 0.894. The molecule has 84 valence electrons. The molecular weight excluding hydrogens is 208 g/mol. The van der Waals surface area contributed by atoms with Crippen molar-refractivity contribution in [3.8, 4) is 0 Å². The maximum atomic E-state index is 11.5. The maximum Gasteiger partial charge on any atom is 0.338 e. The van der Waals surface area contributed by atoms with E-state index in [1.807, 2.05) is 0 Å². The van der Waals surface area contributed by atoms with E-state index in [1.165, 1.54) is 6.08 Å². The molecule has 0 atom stereocenters. The normalized spacial score (nSPS) is 10.3. The van der Waals surface area contributed by atoms with Crippen molar-refractivity contribution in [1.29, 1.82) is 0 Å². The van der Waals surface area contributed by atoms with E-state index in [0.29, 0.717) is 11.1 Å². The number of hydrogen-bond acceptors (Lipinski definition) is 3. The van der Waals surface area contributed by atoms with Gasteiger partial charge in [0.1, 0.15) is 0 Å². The molecule has 16 heavy (non-hydrogen) atoms. The number of carbonyl (C=O) groups is 2. The largest absolute Gasteiger partial charge is 0.478 e. The third kappa shape index (κ3) is 3.24. The van der Waals surface area contributed by atoms with Crippen molar-refractivity contribution >= 4 is 18.0 Å². The second kappa shape index (κ2) is 5.70. The molecule has 0 heterocycles. The second-order valence-electron chi connectivity index (χ2n) is 2.98. The van der Waals surface area contributed by atoms with Crippen LogP contribution in [0.15, 0.2) is 30.3 Å². The molecule has 0 aliphatic rings. The maximum absolute atomic E-state index is 11.5. The Morgan fingerprint density at radius 2 is 2.06 bits per heavy atom. The minimum Gasteiger partial charge on any atom is -0.478 e. The molecule has 1 rings (SSSR count). The van der Waals surface area contributed by atoms with E-state index in [1.54, 1.807) is 31.2 Å². The van der Waals surface area contributed by atoms with Crippen LogP contribution in [0.4, 0.5) is 0 Å².